The Kier molecular flexibility index (Phi) is 4.44. The molecule has 0 bridgehead atoms. The molecule has 0 aliphatic carbocycles. The summed E-state index contributed by atoms with van der Waals surface area (Å²) in [4.78, 5) is 26.2. The Labute approximate surface area is 124 Å². The van der Waals surface area contributed by atoms with Crippen LogP contribution < -0.4 is 5.32 Å². The Morgan fingerprint density at radius 2 is 2.10 bits per heavy atom. The predicted molar refractivity (Wildman–Crippen MR) is 79.3 cm³/mol. The van der Waals surface area contributed by atoms with Crippen molar-refractivity contribution in [1.82, 2.24) is 10.3 Å². The van der Waals surface area contributed by atoms with Crippen molar-refractivity contribution < 1.29 is 14.3 Å². The highest BCUT2D eigenvalue weighted by Crippen LogP contribution is 2.27. The number of fused-ring (bicyclic) bond motifs is 1. The molecule has 1 amide bonds. The summed E-state index contributed by atoms with van der Waals surface area (Å²) in [6, 6.07) is 7.08. The van der Waals surface area contributed by atoms with E-state index >= 15 is 0 Å². The van der Waals surface area contributed by atoms with Gasteiger partial charge in [-0.25, -0.2) is 4.79 Å². The molecular formula is C14H15BrN2O3. The van der Waals surface area contributed by atoms with Gasteiger partial charge in [0, 0.05) is 24.2 Å². The van der Waals surface area contributed by atoms with Gasteiger partial charge < -0.3 is 15.0 Å². The van der Waals surface area contributed by atoms with Crippen LogP contribution in [0.4, 0.5) is 0 Å². The summed E-state index contributed by atoms with van der Waals surface area (Å²) in [7, 11) is 1.31. The molecule has 0 aliphatic heterocycles. The number of amides is 1. The molecule has 1 atom stereocenters. The molecule has 0 unspecified atom stereocenters. The number of H-pyrrole nitrogens is 1. The average molecular weight is 339 g/mol. The molecule has 1 aromatic carbocycles. The van der Waals surface area contributed by atoms with Crippen LogP contribution in [0, 0.1) is 0 Å². The van der Waals surface area contributed by atoms with E-state index in [-0.39, 0.29) is 5.91 Å². The average Bonchev–Trinajstić information content (AvgIpc) is 2.73. The number of para-hydroxylation sites is 1. The molecule has 0 fully saturated rings. The highest BCUT2D eigenvalue weighted by atomic mass is 79.9. The summed E-state index contributed by atoms with van der Waals surface area (Å²) in [6.45, 7) is 1.38. The zero-order valence-electron chi connectivity index (χ0n) is 11.2. The summed E-state index contributed by atoms with van der Waals surface area (Å²) in [6.07, 6.45) is 0.358. The monoisotopic (exact) mass is 338 g/mol. The normalized spacial score (nSPS) is 12.2. The fourth-order valence-corrected chi connectivity index (χ4v) is 2.74. The van der Waals surface area contributed by atoms with Crippen molar-refractivity contribution in [2.24, 2.45) is 0 Å². The molecule has 1 aromatic heterocycles. The first-order valence-electron chi connectivity index (χ1n) is 6.13. The number of carbonyl (C=O) groups is 2. The van der Waals surface area contributed by atoms with Crippen LogP contribution in [0.25, 0.3) is 10.9 Å². The van der Waals surface area contributed by atoms with E-state index in [4.69, 9.17) is 4.74 Å². The van der Waals surface area contributed by atoms with Crippen LogP contribution in [0.15, 0.2) is 28.9 Å². The number of aromatic nitrogens is 1. The minimum Gasteiger partial charge on any atom is -0.467 e. The maximum absolute atomic E-state index is 11.8. The third-order valence-corrected chi connectivity index (χ3v) is 3.71. The largest absolute Gasteiger partial charge is 0.467 e. The van der Waals surface area contributed by atoms with Gasteiger partial charge in [0.15, 0.2) is 0 Å². The van der Waals surface area contributed by atoms with Crippen molar-refractivity contribution in [1.29, 1.82) is 0 Å². The second kappa shape index (κ2) is 6.09. The minimum absolute atomic E-state index is 0.267. The summed E-state index contributed by atoms with van der Waals surface area (Å²) < 4.78 is 5.54. The topological polar surface area (TPSA) is 71.2 Å². The number of hydrogen-bond donors (Lipinski definition) is 2. The number of hydrogen-bond acceptors (Lipinski definition) is 3. The van der Waals surface area contributed by atoms with E-state index in [2.05, 4.69) is 26.2 Å². The number of aromatic amines is 1. The fraction of sp³-hybridized carbons (Fsp3) is 0.286. The number of carbonyl (C=O) groups excluding carboxylic acids is 2. The Morgan fingerprint density at radius 3 is 2.75 bits per heavy atom. The summed E-state index contributed by atoms with van der Waals surface area (Å²) in [5.41, 5.74) is 1.91. The van der Waals surface area contributed by atoms with Crippen LogP contribution in [0.1, 0.15) is 12.5 Å². The standard InChI is InChI=1S/C14H15BrN2O3/c1-8(18)16-12(14(19)20-2)7-10-9-5-3-4-6-11(9)17-13(10)15/h3-6,12,17H,7H2,1-2H3,(H,16,18)/t12-/m0/s1. The molecule has 0 spiro atoms. The highest BCUT2D eigenvalue weighted by Gasteiger charge is 2.23. The van der Waals surface area contributed by atoms with E-state index in [1.54, 1.807) is 0 Å². The number of rotatable bonds is 4. The Morgan fingerprint density at radius 1 is 1.40 bits per heavy atom. The summed E-state index contributed by atoms with van der Waals surface area (Å²) in [5, 5.41) is 3.63. The van der Waals surface area contributed by atoms with Crippen molar-refractivity contribution in [3.63, 3.8) is 0 Å². The Bertz CT molecular complexity index is 651. The molecule has 0 saturated heterocycles. The first kappa shape index (κ1) is 14.6. The van der Waals surface area contributed by atoms with E-state index in [1.165, 1.54) is 14.0 Å². The lowest BCUT2D eigenvalue weighted by Gasteiger charge is -2.15. The number of esters is 1. The number of ether oxygens (including phenoxy) is 1. The number of halogens is 1. The first-order valence-corrected chi connectivity index (χ1v) is 6.92. The smallest absolute Gasteiger partial charge is 0.328 e. The molecule has 0 aliphatic rings. The fourth-order valence-electron chi connectivity index (χ4n) is 2.15. The molecule has 20 heavy (non-hydrogen) atoms. The Hall–Kier alpha value is -1.82. The van der Waals surface area contributed by atoms with Gasteiger partial charge in [-0.3, -0.25) is 4.79 Å². The van der Waals surface area contributed by atoms with Crippen molar-refractivity contribution in [3.05, 3.63) is 34.4 Å². The molecule has 2 N–H and O–H groups in total. The van der Waals surface area contributed by atoms with Gasteiger partial charge in [-0.05, 0) is 27.6 Å². The van der Waals surface area contributed by atoms with Crippen molar-refractivity contribution in [3.8, 4) is 0 Å². The van der Waals surface area contributed by atoms with Crippen LogP contribution in [-0.2, 0) is 20.7 Å². The van der Waals surface area contributed by atoms with E-state index in [0.717, 1.165) is 21.1 Å². The van der Waals surface area contributed by atoms with E-state index in [0.29, 0.717) is 6.42 Å². The second-order valence-electron chi connectivity index (χ2n) is 4.44. The number of methoxy groups -OCH3 is 1. The molecular weight excluding hydrogens is 324 g/mol. The lowest BCUT2D eigenvalue weighted by molar-refractivity contribution is -0.144. The zero-order chi connectivity index (χ0) is 14.7. The molecule has 0 radical (unpaired) electrons. The van der Waals surface area contributed by atoms with Gasteiger partial charge in [0.25, 0.3) is 0 Å². The van der Waals surface area contributed by atoms with E-state index in [1.807, 2.05) is 24.3 Å². The van der Waals surface area contributed by atoms with E-state index in [9.17, 15) is 9.59 Å². The quantitative estimate of drug-likeness (QED) is 0.839. The van der Waals surface area contributed by atoms with Gasteiger partial charge in [0.1, 0.15) is 6.04 Å². The number of benzene rings is 1. The minimum atomic E-state index is -0.701. The van der Waals surface area contributed by atoms with Crippen LogP contribution in [0.2, 0.25) is 0 Å². The maximum Gasteiger partial charge on any atom is 0.328 e. The van der Waals surface area contributed by atoms with E-state index < -0.39 is 12.0 Å². The van der Waals surface area contributed by atoms with Gasteiger partial charge in [-0.2, -0.15) is 0 Å². The molecule has 6 heteroatoms. The lowest BCUT2D eigenvalue weighted by atomic mass is 10.0. The molecule has 5 nitrogen and oxygen atoms in total. The molecule has 2 aromatic rings. The zero-order valence-corrected chi connectivity index (χ0v) is 12.8. The third kappa shape index (κ3) is 3.01. The molecule has 0 saturated carbocycles. The van der Waals surface area contributed by atoms with Gasteiger partial charge in [-0.1, -0.05) is 18.2 Å². The van der Waals surface area contributed by atoms with Gasteiger partial charge in [0.2, 0.25) is 5.91 Å². The van der Waals surface area contributed by atoms with Crippen LogP contribution in [0.5, 0.6) is 0 Å². The first-order chi connectivity index (χ1) is 9.52. The van der Waals surface area contributed by atoms with Gasteiger partial charge in [-0.15, -0.1) is 0 Å². The number of nitrogens with one attached hydrogen (secondary N) is 2. The highest BCUT2D eigenvalue weighted by molar-refractivity contribution is 9.10. The van der Waals surface area contributed by atoms with Crippen LogP contribution in [-0.4, -0.2) is 30.0 Å². The third-order valence-electron chi connectivity index (χ3n) is 3.03. The van der Waals surface area contributed by atoms with Crippen molar-refractivity contribution in [2.45, 2.75) is 19.4 Å². The van der Waals surface area contributed by atoms with Gasteiger partial charge in [0.05, 0.1) is 11.7 Å². The predicted octanol–water partition coefficient (Wildman–Crippen LogP) is 2.15. The summed E-state index contributed by atoms with van der Waals surface area (Å²) >= 11 is 3.45. The molecule has 106 valence electrons. The molecule has 1 heterocycles. The SMILES string of the molecule is COC(=O)[C@H](Cc1c(Br)[nH]c2ccccc12)NC(C)=O. The maximum atomic E-state index is 11.8. The van der Waals surface area contributed by atoms with Crippen molar-refractivity contribution >= 4 is 38.7 Å². The lowest BCUT2D eigenvalue weighted by Crippen LogP contribution is -2.42. The Balaban J connectivity index is 2.35. The van der Waals surface area contributed by atoms with Crippen molar-refractivity contribution in [2.75, 3.05) is 7.11 Å². The van der Waals surface area contributed by atoms with Crippen LogP contribution in [0.3, 0.4) is 0 Å². The van der Waals surface area contributed by atoms with Crippen LogP contribution >= 0.6 is 15.9 Å². The second-order valence-corrected chi connectivity index (χ2v) is 5.24. The molecule has 2 rings (SSSR count). The summed E-state index contributed by atoms with van der Waals surface area (Å²) in [5.74, 6) is -0.728. The van der Waals surface area contributed by atoms with Gasteiger partial charge >= 0.3 is 5.97 Å².